The minimum absolute atomic E-state index is 0.306. The van der Waals surface area contributed by atoms with Gasteiger partial charge in [-0.05, 0) is 18.6 Å². The van der Waals surface area contributed by atoms with E-state index in [0.717, 1.165) is 11.1 Å². The van der Waals surface area contributed by atoms with Gasteiger partial charge in [-0.2, -0.15) is 5.10 Å². The second-order valence-electron chi connectivity index (χ2n) is 5.74. The lowest BCUT2D eigenvalue weighted by Gasteiger charge is -2.10. The normalized spacial score (nSPS) is 10.6. The Morgan fingerprint density at radius 2 is 1.81 bits per heavy atom. The number of rotatable bonds is 5. The van der Waals surface area contributed by atoms with Crippen molar-refractivity contribution in [2.24, 2.45) is 0 Å². The molecule has 5 nitrogen and oxygen atoms in total. The molecule has 0 radical (unpaired) electrons. The van der Waals surface area contributed by atoms with E-state index in [1.165, 1.54) is 10.9 Å². The Morgan fingerprint density at radius 3 is 2.54 bits per heavy atom. The van der Waals surface area contributed by atoms with Gasteiger partial charge in [0.15, 0.2) is 0 Å². The van der Waals surface area contributed by atoms with Gasteiger partial charge in [-0.15, -0.1) is 0 Å². The first-order valence-corrected chi connectivity index (χ1v) is 8.58. The first kappa shape index (κ1) is 18.2. The molecule has 0 aliphatic rings. The molecule has 132 valence electrons. The van der Waals surface area contributed by atoms with Crippen LogP contribution in [0.1, 0.15) is 21.5 Å². The smallest absolute Gasteiger partial charge is 0.297 e. The lowest BCUT2D eigenvalue weighted by Crippen LogP contribution is -2.24. The molecule has 1 aromatic heterocycles. The largest absolute Gasteiger partial charge is 0.304 e. The number of amides is 1. The third kappa shape index (κ3) is 3.95. The van der Waals surface area contributed by atoms with E-state index in [4.69, 9.17) is 23.2 Å². The number of hydrogen-bond acceptors (Lipinski definition) is 3. The standard InChI is InChI=1S/C19H15Cl2N3O2/c1-12-5-7-13(8-6-12)18(25)19(26)23-16-9-10-22-24(16)11-14-3-2-4-15(20)17(14)21/h2-10H,11H2,1H3,(H,23,26). The lowest BCUT2D eigenvalue weighted by atomic mass is 10.1. The van der Waals surface area contributed by atoms with Crippen molar-refractivity contribution < 1.29 is 9.59 Å². The summed E-state index contributed by atoms with van der Waals surface area (Å²) in [7, 11) is 0. The van der Waals surface area contributed by atoms with Gasteiger partial charge in [0.25, 0.3) is 11.7 Å². The van der Waals surface area contributed by atoms with Crippen LogP contribution in [0.15, 0.2) is 54.7 Å². The van der Waals surface area contributed by atoms with Crippen LogP contribution in [0.3, 0.4) is 0 Å². The van der Waals surface area contributed by atoms with Gasteiger partial charge in [0, 0.05) is 11.6 Å². The quantitative estimate of drug-likeness (QED) is 0.522. The molecule has 0 spiro atoms. The minimum Gasteiger partial charge on any atom is -0.304 e. The van der Waals surface area contributed by atoms with Crippen LogP contribution < -0.4 is 5.32 Å². The van der Waals surface area contributed by atoms with Crippen LogP contribution in [0.2, 0.25) is 10.0 Å². The number of carbonyl (C=O) groups is 2. The summed E-state index contributed by atoms with van der Waals surface area (Å²) in [4.78, 5) is 24.5. The molecule has 1 heterocycles. The number of anilines is 1. The molecule has 3 rings (SSSR count). The SMILES string of the molecule is Cc1ccc(C(=O)C(=O)Nc2ccnn2Cc2cccc(Cl)c2Cl)cc1. The number of Topliss-reactive ketones (excluding diaryl/α,β-unsaturated/α-hetero) is 1. The highest BCUT2D eigenvalue weighted by Gasteiger charge is 2.18. The van der Waals surface area contributed by atoms with Crippen LogP contribution in [0, 0.1) is 6.92 Å². The number of halogens is 2. The van der Waals surface area contributed by atoms with E-state index in [-0.39, 0.29) is 0 Å². The molecular formula is C19H15Cl2N3O2. The molecule has 1 N–H and O–H groups in total. The number of nitrogens with zero attached hydrogens (tertiary/aromatic N) is 2. The van der Waals surface area contributed by atoms with E-state index in [2.05, 4.69) is 10.4 Å². The summed E-state index contributed by atoms with van der Waals surface area (Å²) in [5.41, 5.74) is 2.10. The van der Waals surface area contributed by atoms with Crippen LogP contribution in [0.4, 0.5) is 5.82 Å². The first-order chi connectivity index (χ1) is 12.5. The minimum atomic E-state index is -0.729. The maximum absolute atomic E-state index is 12.3. The highest BCUT2D eigenvalue weighted by molar-refractivity contribution is 6.46. The van der Waals surface area contributed by atoms with Gasteiger partial charge in [0.2, 0.25) is 0 Å². The average Bonchev–Trinajstić information content (AvgIpc) is 3.05. The highest BCUT2D eigenvalue weighted by atomic mass is 35.5. The van der Waals surface area contributed by atoms with Crippen molar-refractivity contribution in [3.8, 4) is 0 Å². The van der Waals surface area contributed by atoms with Crippen molar-refractivity contribution in [2.75, 3.05) is 5.32 Å². The zero-order valence-corrected chi connectivity index (χ0v) is 15.4. The molecule has 0 aliphatic heterocycles. The second kappa shape index (κ2) is 7.72. The van der Waals surface area contributed by atoms with Crippen molar-refractivity contribution in [1.29, 1.82) is 0 Å². The maximum Gasteiger partial charge on any atom is 0.297 e. The predicted molar refractivity (Wildman–Crippen MR) is 102 cm³/mol. The van der Waals surface area contributed by atoms with Gasteiger partial charge in [-0.1, -0.05) is 65.2 Å². The molecule has 0 aliphatic carbocycles. The molecule has 2 aromatic carbocycles. The summed E-state index contributed by atoms with van der Waals surface area (Å²) in [6.07, 6.45) is 1.53. The first-order valence-electron chi connectivity index (χ1n) is 7.83. The second-order valence-corrected chi connectivity index (χ2v) is 6.52. The summed E-state index contributed by atoms with van der Waals surface area (Å²) < 4.78 is 1.54. The van der Waals surface area contributed by atoms with Gasteiger partial charge in [-0.3, -0.25) is 9.59 Å². The predicted octanol–water partition coefficient (Wildman–Crippen LogP) is 4.37. The Balaban J connectivity index is 1.76. The molecule has 0 bridgehead atoms. The van der Waals surface area contributed by atoms with Crippen molar-refractivity contribution in [3.05, 3.63) is 81.5 Å². The van der Waals surface area contributed by atoms with Gasteiger partial charge < -0.3 is 5.32 Å². The molecule has 0 saturated heterocycles. The number of benzene rings is 2. The topological polar surface area (TPSA) is 64.0 Å². The van der Waals surface area contributed by atoms with E-state index in [9.17, 15) is 9.59 Å². The van der Waals surface area contributed by atoms with Crippen LogP contribution in [0.5, 0.6) is 0 Å². The van der Waals surface area contributed by atoms with Crippen molar-refractivity contribution in [2.45, 2.75) is 13.5 Å². The number of hydrogen-bond donors (Lipinski definition) is 1. The van der Waals surface area contributed by atoms with E-state index >= 15 is 0 Å². The van der Waals surface area contributed by atoms with Crippen molar-refractivity contribution in [3.63, 3.8) is 0 Å². The summed E-state index contributed by atoms with van der Waals surface area (Å²) >= 11 is 12.2. The Labute approximate surface area is 160 Å². The fourth-order valence-electron chi connectivity index (χ4n) is 2.41. The number of nitrogens with one attached hydrogen (secondary N) is 1. The molecule has 0 atom stereocenters. The maximum atomic E-state index is 12.3. The Bertz CT molecular complexity index is 965. The molecule has 0 saturated carbocycles. The summed E-state index contributed by atoms with van der Waals surface area (Å²) in [6, 6.07) is 13.7. The monoisotopic (exact) mass is 387 g/mol. The van der Waals surface area contributed by atoms with Crippen molar-refractivity contribution >= 4 is 40.7 Å². The van der Waals surface area contributed by atoms with Crippen LogP contribution >= 0.6 is 23.2 Å². The zero-order chi connectivity index (χ0) is 18.7. The van der Waals surface area contributed by atoms with Crippen molar-refractivity contribution in [1.82, 2.24) is 9.78 Å². The Kier molecular flexibility index (Phi) is 5.40. The van der Waals surface area contributed by atoms with Crippen LogP contribution in [-0.2, 0) is 11.3 Å². The molecular weight excluding hydrogens is 373 g/mol. The van der Waals surface area contributed by atoms with E-state index in [1.807, 2.05) is 13.0 Å². The summed E-state index contributed by atoms with van der Waals surface area (Å²) in [5.74, 6) is -0.946. The molecule has 0 fully saturated rings. The van der Waals surface area contributed by atoms with Crippen LogP contribution in [0.25, 0.3) is 0 Å². The van der Waals surface area contributed by atoms with Crippen LogP contribution in [-0.4, -0.2) is 21.5 Å². The fraction of sp³-hybridized carbons (Fsp3) is 0.105. The van der Waals surface area contributed by atoms with E-state index in [0.29, 0.717) is 28.0 Å². The summed E-state index contributed by atoms with van der Waals surface area (Å²) in [6.45, 7) is 2.22. The average molecular weight is 388 g/mol. The zero-order valence-electron chi connectivity index (χ0n) is 13.9. The number of aryl methyl sites for hydroxylation is 1. The number of ketones is 1. The fourth-order valence-corrected chi connectivity index (χ4v) is 2.79. The van der Waals surface area contributed by atoms with Gasteiger partial charge in [0.1, 0.15) is 5.82 Å². The molecule has 3 aromatic rings. The molecule has 1 amide bonds. The molecule has 7 heteroatoms. The van der Waals surface area contributed by atoms with Gasteiger partial charge >= 0.3 is 0 Å². The lowest BCUT2D eigenvalue weighted by molar-refractivity contribution is -0.112. The summed E-state index contributed by atoms with van der Waals surface area (Å²) in [5, 5.41) is 7.63. The number of carbonyl (C=O) groups excluding carboxylic acids is 2. The third-order valence-electron chi connectivity index (χ3n) is 3.83. The van der Waals surface area contributed by atoms with E-state index < -0.39 is 11.7 Å². The van der Waals surface area contributed by atoms with Gasteiger partial charge in [-0.25, -0.2) is 4.68 Å². The highest BCUT2D eigenvalue weighted by Crippen LogP contribution is 2.26. The Morgan fingerprint density at radius 1 is 1.08 bits per heavy atom. The van der Waals surface area contributed by atoms with Gasteiger partial charge in [0.05, 0.1) is 22.8 Å². The molecule has 26 heavy (non-hydrogen) atoms. The third-order valence-corrected chi connectivity index (χ3v) is 4.69. The van der Waals surface area contributed by atoms with E-state index in [1.54, 1.807) is 42.5 Å². The Hall–Kier alpha value is -2.63. The molecule has 0 unspecified atom stereocenters. The number of aromatic nitrogens is 2.